The van der Waals surface area contributed by atoms with Gasteiger partial charge in [0.25, 0.3) is 0 Å². The summed E-state index contributed by atoms with van der Waals surface area (Å²) in [5.74, 6) is 0. The summed E-state index contributed by atoms with van der Waals surface area (Å²) in [4.78, 5) is 0. The highest BCUT2D eigenvalue weighted by atomic mass is 32.2. The molecule has 0 bridgehead atoms. The maximum absolute atomic E-state index is 12.9. The second-order valence-corrected chi connectivity index (χ2v) is 5.89. The number of hydrogen-bond acceptors (Lipinski definition) is 5. The maximum atomic E-state index is 12.9. The van der Waals surface area contributed by atoms with Crippen molar-refractivity contribution < 1.29 is 13.2 Å². The van der Waals surface area contributed by atoms with Gasteiger partial charge in [-0.3, -0.25) is 0 Å². The number of halogens is 3. The van der Waals surface area contributed by atoms with Crippen LogP contribution in [0.5, 0.6) is 0 Å². The minimum Gasteiger partial charge on any atom is -0.327 e. The van der Waals surface area contributed by atoms with E-state index in [0.29, 0.717) is 11.8 Å². The first-order valence-electron chi connectivity index (χ1n) is 6.16. The van der Waals surface area contributed by atoms with Crippen molar-refractivity contribution in [3.05, 3.63) is 0 Å². The van der Waals surface area contributed by atoms with Crippen LogP contribution in [-0.2, 0) is 0 Å². The lowest BCUT2D eigenvalue weighted by Gasteiger charge is -2.22. The van der Waals surface area contributed by atoms with Gasteiger partial charge in [0.1, 0.15) is 5.25 Å². The normalized spacial score (nSPS) is 20.7. The van der Waals surface area contributed by atoms with Gasteiger partial charge in [0.15, 0.2) is 0 Å². The largest absolute Gasteiger partial charge is 0.402 e. The zero-order valence-electron chi connectivity index (χ0n) is 10.5. The van der Waals surface area contributed by atoms with Gasteiger partial charge in [0.2, 0.25) is 5.16 Å². The van der Waals surface area contributed by atoms with Crippen molar-refractivity contribution in [3.8, 4) is 0 Å². The Bertz CT molecular complexity index is 414. The van der Waals surface area contributed by atoms with Gasteiger partial charge in [-0.05, 0) is 30.2 Å². The summed E-state index contributed by atoms with van der Waals surface area (Å²) in [6.07, 6.45) is -0.429. The van der Waals surface area contributed by atoms with E-state index in [1.54, 1.807) is 0 Å². The summed E-state index contributed by atoms with van der Waals surface area (Å²) in [6.45, 7) is 1.34. The van der Waals surface area contributed by atoms with Crippen molar-refractivity contribution in [1.82, 2.24) is 20.2 Å². The number of rotatable bonds is 4. The Labute approximate surface area is 113 Å². The minimum atomic E-state index is -4.37. The van der Waals surface area contributed by atoms with Crippen LogP contribution in [0.4, 0.5) is 13.2 Å². The first-order chi connectivity index (χ1) is 8.89. The number of aromatic nitrogens is 4. The summed E-state index contributed by atoms with van der Waals surface area (Å²) in [6, 6.07) is -0.904. The first kappa shape index (κ1) is 14.6. The summed E-state index contributed by atoms with van der Waals surface area (Å²) >= 11 is 0.601. The van der Waals surface area contributed by atoms with Crippen molar-refractivity contribution in [2.45, 2.75) is 61.3 Å². The fourth-order valence-corrected chi connectivity index (χ4v) is 3.18. The Hall–Kier alpha value is -0.830. The molecule has 9 heteroatoms. The van der Waals surface area contributed by atoms with Crippen LogP contribution in [0.1, 0.15) is 38.6 Å². The fraction of sp³-hybridized carbons (Fsp3) is 0.900. The van der Waals surface area contributed by atoms with E-state index in [2.05, 4.69) is 15.5 Å². The molecule has 1 saturated carbocycles. The molecule has 108 valence electrons. The summed E-state index contributed by atoms with van der Waals surface area (Å²) < 4.78 is 40.2. The van der Waals surface area contributed by atoms with Gasteiger partial charge in [-0.15, -0.1) is 5.10 Å². The maximum Gasteiger partial charge on any atom is 0.402 e. The molecule has 2 rings (SSSR count). The molecule has 1 aromatic rings. The van der Waals surface area contributed by atoms with Crippen LogP contribution in [0, 0.1) is 0 Å². The predicted octanol–water partition coefficient (Wildman–Crippen LogP) is 2.16. The molecular formula is C10H16F3N5S. The van der Waals surface area contributed by atoms with Gasteiger partial charge in [0, 0.05) is 6.04 Å². The van der Waals surface area contributed by atoms with Crippen molar-refractivity contribution >= 4 is 11.8 Å². The number of hydrogen-bond donors (Lipinski definition) is 1. The molecule has 2 unspecified atom stereocenters. The molecule has 0 saturated heterocycles. The number of tetrazole rings is 1. The van der Waals surface area contributed by atoms with Gasteiger partial charge in [-0.2, -0.15) is 13.2 Å². The monoisotopic (exact) mass is 295 g/mol. The van der Waals surface area contributed by atoms with E-state index < -0.39 is 17.5 Å². The highest BCUT2D eigenvalue weighted by Crippen LogP contribution is 2.38. The van der Waals surface area contributed by atoms with Crippen LogP contribution < -0.4 is 5.73 Å². The minimum absolute atomic E-state index is 0.111. The van der Waals surface area contributed by atoms with E-state index >= 15 is 0 Å². The van der Waals surface area contributed by atoms with Gasteiger partial charge in [-0.25, -0.2) is 4.68 Å². The van der Waals surface area contributed by atoms with Gasteiger partial charge in [0.05, 0.1) is 6.04 Å². The predicted molar refractivity (Wildman–Crippen MR) is 64.7 cm³/mol. The lowest BCUT2D eigenvalue weighted by Crippen LogP contribution is -2.41. The van der Waals surface area contributed by atoms with Crippen LogP contribution in [0.2, 0.25) is 0 Å². The van der Waals surface area contributed by atoms with Gasteiger partial charge in [-0.1, -0.05) is 24.6 Å². The standard InChI is InChI=1S/C10H16F3N5S/c1-6(14)8(10(11,12)13)19-9-15-16-17-18(9)7-4-2-3-5-7/h6-8H,2-5,14H2,1H3. The summed E-state index contributed by atoms with van der Waals surface area (Å²) in [5, 5.41) is 9.52. The van der Waals surface area contributed by atoms with Crippen LogP contribution in [0.3, 0.4) is 0 Å². The van der Waals surface area contributed by atoms with Gasteiger partial charge >= 0.3 is 6.18 Å². The number of thioether (sulfide) groups is 1. The molecule has 2 atom stereocenters. The highest BCUT2D eigenvalue weighted by molar-refractivity contribution is 7.99. The molecule has 0 aliphatic heterocycles. The molecule has 1 heterocycles. The summed E-state index contributed by atoms with van der Waals surface area (Å²) in [5.41, 5.74) is 5.42. The average molecular weight is 295 g/mol. The Morgan fingerprint density at radius 2 is 2.00 bits per heavy atom. The first-order valence-corrected chi connectivity index (χ1v) is 7.04. The molecule has 1 aromatic heterocycles. The van der Waals surface area contributed by atoms with E-state index in [1.807, 2.05) is 0 Å². The van der Waals surface area contributed by atoms with Crippen molar-refractivity contribution in [3.63, 3.8) is 0 Å². The summed E-state index contributed by atoms with van der Waals surface area (Å²) in [7, 11) is 0. The molecule has 1 fully saturated rings. The fourth-order valence-electron chi connectivity index (χ4n) is 2.23. The highest BCUT2D eigenvalue weighted by Gasteiger charge is 2.44. The molecular weight excluding hydrogens is 279 g/mol. The van der Waals surface area contributed by atoms with E-state index in [0.717, 1.165) is 25.7 Å². The topological polar surface area (TPSA) is 69.6 Å². The van der Waals surface area contributed by atoms with E-state index in [-0.39, 0.29) is 11.2 Å². The number of nitrogens with two attached hydrogens (primary N) is 1. The van der Waals surface area contributed by atoms with Crippen molar-refractivity contribution in [2.75, 3.05) is 0 Å². The van der Waals surface area contributed by atoms with Crippen molar-refractivity contribution in [2.24, 2.45) is 5.73 Å². The molecule has 0 radical (unpaired) electrons. The molecule has 0 spiro atoms. The average Bonchev–Trinajstić information content (AvgIpc) is 2.94. The van der Waals surface area contributed by atoms with Gasteiger partial charge < -0.3 is 5.73 Å². The molecule has 0 aromatic carbocycles. The van der Waals surface area contributed by atoms with Crippen LogP contribution >= 0.6 is 11.8 Å². The third kappa shape index (κ3) is 3.38. The SMILES string of the molecule is CC(N)C(Sc1nnnn1C1CCCC1)C(F)(F)F. The van der Waals surface area contributed by atoms with Crippen LogP contribution in [-0.4, -0.2) is 37.7 Å². The molecule has 0 amide bonds. The second-order valence-electron chi connectivity index (χ2n) is 4.78. The number of alkyl halides is 3. The Kier molecular flexibility index (Phi) is 4.34. The molecule has 19 heavy (non-hydrogen) atoms. The third-order valence-electron chi connectivity index (χ3n) is 3.17. The molecule has 2 N–H and O–H groups in total. The quantitative estimate of drug-likeness (QED) is 0.862. The molecule has 5 nitrogen and oxygen atoms in total. The zero-order valence-corrected chi connectivity index (χ0v) is 11.3. The third-order valence-corrected chi connectivity index (χ3v) is 4.60. The number of nitrogens with zero attached hydrogens (tertiary/aromatic N) is 4. The second kappa shape index (κ2) is 5.66. The Morgan fingerprint density at radius 1 is 1.37 bits per heavy atom. The lowest BCUT2D eigenvalue weighted by atomic mass is 10.2. The Balaban J connectivity index is 2.16. The van der Waals surface area contributed by atoms with Crippen LogP contribution in [0.15, 0.2) is 5.16 Å². The smallest absolute Gasteiger partial charge is 0.327 e. The lowest BCUT2D eigenvalue weighted by molar-refractivity contribution is -0.131. The van der Waals surface area contributed by atoms with Crippen LogP contribution in [0.25, 0.3) is 0 Å². The van der Waals surface area contributed by atoms with Crippen molar-refractivity contribution in [1.29, 1.82) is 0 Å². The van der Waals surface area contributed by atoms with E-state index in [9.17, 15) is 13.2 Å². The zero-order chi connectivity index (χ0) is 14.0. The van der Waals surface area contributed by atoms with E-state index in [1.165, 1.54) is 11.6 Å². The Morgan fingerprint density at radius 3 is 2.53 bits per heavy atom. The molecule has 1 aliphatic carbocycles. The van der Waals surface area contributed by atoms with E-state index in [4.69, 9.17) is 5.73 Å². The molecule has 1 aliphatic rings.